The van der Waals surface area contributed by atoms with E-state index in [1.807, 2.05) is 0 Å². The molecule has 0 unspecified atom stereocenters. The first-order chi connectivity index (χ1) is 7.93. The van der Waals surface area contributed by atoms with Gasteiger partial charge in [0.2, 0.25) is 0 Å². The van der Waals surface area contributed by atoms with Crippen LogP contribution in [0, 0.1) is 0 Å². The van der Waals surface area contributed by atoms with E-state index in [2.05, 4.69) is 64.1 Å². The average molecular weight is 206 g/mol. The summed E-state index contributed by atoms with van der Waals surface area (Å²) in [7, 11) is 0. The highest BCUT2D eigenvalue weighted by Crippen LogP contribution is 2.26. The van der Waals surface area contributed by atoms with Gasteiger partial charge in [0.25, 0.3) is 0 Å². The molecule has 0 bridgehead atoms. The van der Waals surface area contributed by atoms with Crippen LogP contribution in [0.4, 0.5) is 0 Å². The zero-order valence-corrected chi connectivity index (χ0v) is 8.64. The summed E-state index contributed by atoms with van der Waals surface area (Å²) >= 11 is 0. The highest BCUT2D eigenvalue weighted by molar-refractivity contribution is 6.06. The Balaban J connectivity index is 2.42. The second kappa shape index (κ2) is 2.67. The van der Waals surface area contributed by atoms with Gasteiger partial charge in [-0.2, -0.15) is 0 Å². The lowest BCUT2D eigenvalue weighted by molar-refractivity contribution is 1.28. The Morgan fingerprint density at radius 1 is 0.812 bits per heavy atom. The van der Waals surface area contributed by atoms with Crippen molar-refractivity contribution >= 4 is 27.5 Å². The number of nitrogens with zero attached hydrogens (tertiary/aromatic N) is 1. The van der Waals surface area contributed by atoms with Gasteiger partial charge in [-0.3, -0.25) is 0 Å². The first-order valence-electron chi connectivity index (χ1n) is 5.40. The van der Waals surface area contributed by atoms with Crippen LogP contribution in [0.1, 0.15) is 0 Å². The average Bonchev–Trinajstić information content (AvgIpc) is 2.91. The summed E-state index contributed by atoms with van der Waals surface area (Å²) in [5, 5.41) is 1.28. The summed E-state index contributed by atoms with van der Waals surface area (Å²) in [6, 6.07) is 16.9. The van der Waals surface area contributed by atoms with Crippen molar-refractivity contribution in [1.29, 1.82) is 0 Å². The number of para-hydroxylation sites is 1. The lowest BCUT2D eigenvalue weighted by atomic mass is 10.2. The Kier molecular flexibility index (Phi) is 1.33. The summed E-state index contributed by atoms with van der Waals surface area (Å²) < 4.78 is 2.23. The number of hydrogen-bond acceptors (Lipinski definition) is 0. The molecule has 0 saturated carbocycles. The molecular formula is C14H10N2. The van der Waals surface area contributed by atoms with Crippen molar-refractivity contribution in [2.75, 3.05) is 0 Å². The molecule has 0 aliphatic rings. The predicted octanol–water partition coefficient (Wildman–Crippen LogP) is 3.57. The zero-order valence-electron chi connectivity index (χ0n) is 8.64. The molecule has 4 rings (SSSR count). The monoisotopic (exact) mass is 206 g/mol. The van der Waals surface area contributed by atoms with Crippen molar-refractivity contribution < 1.29 is 0 Å². The molecule has 0 saturated heterocycles. The van der Waals surface area contributed by atoms with E-state index in [0.717, 1.165) is 0 Å². The van der Waals surface area contributed by atoms with Gasteiger partial charge in [0, 0.05) is 22.6 Å². The molecule has 4 aromatic rings. The first-order valence-corrected chi connectivity index (χ1v) is 5.40. The van der Waals surface area contributed by atoms with Crippen LogP contribution < -0.4 is 0 Å². The van der Waals surface area contributed by atoms with E-state index in [4.69, 9.17) is 0 Å². The molecule has 16 heavy (non-hydrogen) atoms. The van der Waals surface area contributed by atoms with Crippen LogP contribution in [0.25, 0.3) is 27.5 Å². The van der Waals surface area contributed by atoms with Crippen LogP contribution >= 0.6 is 0 Å². The minimum absolute atomic E-state index is 1.19. The summed E-state index contributed by atoms with van der Waals surface area (Å²) in [6.07, 6.45) is 2.11. The van der Waals surface area contributed by atoms with Gasteiger partial charge in [-0.1, -0.05) is 18.2 Å². The first kappa shape index (κ1) is 7.99. The van der Waals surface area contributed by atoms with Crippen LogP contribution in [0.5, 0.6) is 0 Å². The van der Waals surface area contributed by atoms with Crippen LogP contribution in [-0.4, -0.2) is 9.38 Å². The minimum atomic E-state index is 1.19. The molecule has 3 aromatic heterocycles. The fraction of sp³-hybridized carbons (Fsp3) is 0. The molecule has 0 aliphatic carbocycles. The zero-order chi connectivity index (χ0) is 10.5. The number of aromatic nitrogens is 2. The number of pyridine rings is 1. The van der Waals surface area contributed by atoms with Gasteiger partial charge < -0.3 is 9.38 Å². The summed E-state index contributed by atoms with van der Waals surface area (Å²) in [4.78, 5) is 3.44. The summed E-state index contributed by atoms with van der Waals surface area (Å²) in [5.74, 6) is 0. The SMILES string of the molecule is c1ccc2c(c1)[nH]c1ccc3cccn3c12. The van der Waals surface area contributed by atoms with Crippen molar-refractivity contribution in [2.24, 2.45) is 0 Å². The molecule has 2 heteroatoms. The molecule has 0 atom stereocenters. The van der Waals surface area contributed by atoms with Crippen molar-refractivity contribution in [2.45, 2.75) is 0 Å². The third-order valence-electron chi connectivity index (χ3n) is 3.15. The second-order valence-corrected chi connectivity index (χ2v) is 4.07. The Hall–Kier alpha value is -2.22. The fourth-order valence-corrected chi connectivity index (χ4v) is 2.43. The topological polar surface area (TPSA) is 20.2 Å². The fourth-order valence-electron chi connectivity index (χ4n) is 2.43. The van der Waals surface area contributed by atoms with E-state index in [1.165, 1.54) is 27.5 Å². The van der Waals surface area contributed by atoms with Gasteiger partial charge in [0.15, 0.2) is 0 Å². The molecule has 3 heterocycles. The van der Waals surface area contributed by atoms with E-state index in [-0.39, 0.29) is 0 Å². The normalized spacial score (nSPS) is 11.8. The molecule has 2 nitrogen and oxygen atoms in total. The second-order valence-electron chi connectivity index (χ2n) is 4.07. The van der Waals surface area contributed by atoms with Crippen molar-refractivity contribution in [3.05, 3.63) is 54.7 Å². The molecule has 1 N–H and O–H groups in total. The van der Waals surface area contributed by atoms with Gasteiger partial charge in [0.05, 0.1) is 11.0 Å². The maximum absolute atomic E-state index is 3.44. The number of benzene rings is 1. The highest BCUT2D eigenvalue weighted by atomic mass is 14.9. The number of nitrogens with one attached hydrogen (secondary N) is 1. The highest BCUT2D eigenvalue weighted by Gasteiger charge is 2.06. The van der Waals surface area contributed by atoms with Gasteiger partial charge in [0.1, 0.15) is 0 Å². The smallest absolute Gasteiger partial charge is 0.0785 e. The van der Waals surface area contributed by atoms with Crippen LogP contribution in [0.15, 0.2) is 54.7 Å². The standard InChI is InChI=1S/C14H10N2/c1-2-6-12-11(5-1)14-13(15-12)8-7-10-4-3-9-16(10)14/h1-9,15H. The molecule has 1 aromatic carbocycles. The van der Waals surface area contributed by atoms with E-state index in [1.54, 1.807) is 0 Å². The van der Waals surface area contributed by atoms with Crippen LogP contribution in [-0.2, 0) is 0 Å². The molecule has 76 valence electrons. The van der Waals surface area contributed by atoms with E-state index >= 15 is 0 Å². The Bertz CT molecular complexity index is 805. The molecule has 0 fully saturated rings. The van der Waals surface area contributed by atoms with Gasteiger partial charge in [-0.05, 0) is 30.3 Å². The van der Waals surface area contributed by atoms with E-state index < -0.39 is 0 Å². The van der Waals surface area contributed by atoms with E-state index in [9.17, 15) is 0 Å². The summed E-state index contributed by atoms with van der Waals surface area (Å²) in [6.45, 7) is 0. The summed E-state index contributed by atoms with van der Waals surface area (Å²) in [5.41, 5.74) is 4.87. The molecule has 0 aliphatic heterocycles. The van der Waals surface area contributed by atoms with Crippen LogP contribution in [0.3, 0.4) is 0 Å². The molecule has 0 radical (unpaired) electrons. The van der Waals surface area contributed by atoms with Gasteiger partial charge in [-0.15, -0.1) is 0 Å². The third-order valence-corrected chi connectivity index (χ3v) is 3.15. The number of hydrogen-bond donors (Lipinski definition) is 1. The number of rotatable bonds is 0. The van der Waals surface area contributed by atoms with E-state index in [0.29, 0.717) is 0 Å². The Morgan fingerprint density at radius 2 is 1.75 bits per heavy atom. The largest absolute Gasteiger partial charge is 0.353 e. The Labute approximate surface area is 92.1 Å². The Morgan fingerprint density at radius 3 is 2.75 bits per heavy atom. The quantitative estimate of drug-likeness (QED) is 0.454. The molecule has 0 spiro atoms. The third kappa shape index (κ3) is 0.865. The predicted molar refractivity (Wildman–Crippen MR) is 66.8 cm³/mol. The van der Waals surface area contributed by atoms with Gasteiger partial charge in [-0.25, -0.2) is 0 Å². The lowest BCUT2D eigenvalue weighted by Gasteiger charge is -1.97. The van der Waals surface area contributed by atoms with Crippen molar-refractivity contribution in [3.63, 3.8) is 0 Å². The van der Waals surface area contributed by atoms with Crippen molar-refractivity contribution in [3.8, 4) is 0 Å². The number of aromatic amines is 1. The molecular weight excluding hydrogens is 196 g/mol. The van der Waals surface area contributed by atoms with Gasteiger partial charge >= 0.3 is 0 Å². The minimum Gasteiger partial charge on any atom is -0.353 e. The maximum atomic E-state index is 3.44. The number of H-pyrrole nitrogens is 1. The molecule has 0 amide bonds. The number of fused-ring (bicyclic) bond motifs is 5. The lowest BCUT2D eigenvalue weighted by Crippen LogP contribution is -1.82. The van der Waals surface area contributed by atoms with Crippen LogP contribution in [0.2, 0.25) is 0 Å². The van der Waals surface area contributed by atoms with Crippen molar-refractivity contribution in [1.82, 2.24) is 9.38 Å². The maximum Gasteiger partial charge on any atom is 0.0785 e.